The number of hydrogen-bond acceptors (Lipinski definition) is 18. The van der Waals surface area contributed by atoms with Crippen molar-refractivity contribution < 1.29 is 77.3 Å². The number of primary amides is 1. The second-order valence-electron chi connectivity index (χ2n) is 28.6. The summed E-state index contributed by atoms with van der Waals surface area (Å²) in [7, 11) is 0. The number of carboxylic acid groups (broad SMARTS) is 1. The summed E-state index contributed by atoms with van der Waals surface area (Å²) in [5, 5.41) is 65.3. The number of aliphatic hydroxyl groups excluding tert-OH is 1. The number of carboxylic acids is 1. The summed E-state index contributed by atoms with van der Waals surface area (Å²) in [6.07, 6.45) is 2.91. The number of aromatic nitrogens is 2. The van der Waals surface area contributed by atoms with Crippen molar-refractivity contribution in [2.24, 2.45) is 29.0 Å². The highest BCUT2D eigenvalue weighted by Gasteiger charge is 2.39. The lowest BCUT2D eigenvalue weighted by molar-refractivity contribution is -0.141. The third-order valence-electron chi connectivity index (χ3n) is 19.5. The van der Waals surface area contributed by atoms with Crippen LogP contribution in [0.1, 0.15) is 116 Å². The summed E-state index contributed by atoms with van der Waals surface area (Å²) in [5.74, 6) is -16.6. The first kappa shape index (κ1) is 89.5. The first-order valence-corrected chi connectivity index (χ1v) is 39.3. The Morgan fingerprint density at radius 3 is 1.56 bits per heavy atom. The Morgan fingerprint density at radius 1 is 0.526 bits per heavy atom. The van der Waals surface area contributed by atoms with Crippen LogP contribution in [0.3, 0.4) is 0 Å². The molecule has 0 saturated carbocycles. The lowest BCUT2D eigenvalue weighted by Crippen LogP contribution is -2.61. The molecular weight excluding hydrogens is 1490 g/mol. The van der Waals surface area contributed by atoms with Gasteiger partial charge in [0, 0.05) is 65.8 Å². The van der Waals surface area contributed by atoms with Crippen LogP contribution in [-0.4, -0.2) is 213 Å². The maximum absolute atomic E-state index is 15.1. The fourth-order valence-electron chi connectivity index (χ4n) is 13.0. The van der Waals surface area contributed by atoms with Gasteiger partial charge in [0.1, 0.15) is 66.5 Å². The summed E-state index contributed by atoms with van der Waals surface area (Å²) in [4.78, 5) is 207. The average Bonchev–Trinajstić information content (AvgIpc) is 1.62. The van der Waals surface area contributed by atoms with Gasteiger partial charge in [-0.05, 0) is 96.5 Å². The average molecular weight is 1600 g/mol. The highest BCUT2D eigenvalue weighted by Crippen LogP contribution is 2.24. The number of amides is 13. The van der Waals surface area contributed by atoms with Crippen LogP contribution >= 0.6 is 11.8 Å². The van der Waals surface area contributed by atoms with Gasteiger partial charge in [-0.2, -0.15) is 0 Å². The molecule has 1 fully saturated rings. The molecule has 114 heavy (non-hydrogen) atoms. The van der Waals surface area contributed by atoms with Crippen molar-refractivity contribution in [2.45, 2.75) is 185 Å². The van der Waals surface area contributed by atoms with Crippen molar-refractivity contribution in [1.82, 2.24) is 79.1 Å². The molecule has 0 radical (unpaired) electrons. The molecule has 12 atom stereocenters. The van der Waals surface area contributed by atoms with E-state index in [1.54, 1.807) is 94.7 Å². The lowest BCUT2D eigenvalue weighted by Gasteiger charge is -2.29. The fraction of sp³-hybridized carbons (Fsp3) is 0.474. The topological polar surface area (TPSA) is 569 Å². The van der Waals surface area contributed by atoms with E-state index in [0.717, 1.165) is 22.5 Å². The van der Waals surface area contributed by atoms with Crippen molar-refractivity contribution in [3.63, 3.8) is 0 Å². The third kappa shape index (κ3) is 27.0. The molecule has 0 aliphatic carbocycles. The minimum Gasteiger partial charge on any atom is -0.481 e. The van der Waals surface area contributed by atoms with Crippen molar-refractivity contribution in [1.29, 1.82) is 5.41 Å². The minimum absolute atomic E-state index is 0.00315. The van der Waals surface area contributed by atoms with Crippen molar-refractivity contribution in [2.75, 3.05) is 37.7 Å². The van der Waals surface area contributed by atoms with Gasteiger partial charge in [-0.1, -0.05) is 133 Å². The predicted octanol–water partition coefficient (Wildman–Crippen LogP) is -0.737. The largest absolute Gasteiger partial charge is 0.481 e. The van der Waals surface area contributed by atoms with Gasteiger partial charge in [-0.3, -0.25) is 72.5 Å². The molecule has 1 aliphatic rings. The Labute approximate surface area is 663 Å². The van der Waals surface area contributed by atoms with Crippen LogP contribution in [0.15, 0.2) is 103 Å². The fourth-order valence-corrected chi connectivity index (χ4v) is 13.8. The second-order valence-corrected chi connectivity index (χ2v) is 29.6. The quantitative estimate of drug-likeness (QED) is 0.0202. The summed E-state index contributed by atoms with van der Waals surface area (Å²) >= 11 is 0.864. The number of H-pyrrole nitrogens is 2. The number of unbranched alkanes of at least 4 members (excludes halogenated alkanes) is 2. The summed E-state index contributed by atoms with van der Waals surface area (Å²) < 4.78 is 0. The molecular formula is C78H107N19O16S. The van der Waals surface area contributed by atoms with E-state index in [1.807, 2.05) is 43.3 Å². The summed E-state index contributed by atoms with van der Waals surface area (Å²) in [5.41, 5.74) is 20.3. The van der Waals surface area contributed by atoms with Gasteiger partial charge in [0.15, 0.2) is 5.96 Å². The van der Waals surface area contributed by atoms with Crippen LogP contribution in [0, 0.1) is 17.2 Å². The maximum atomic E-state index is 15.1. The second kappa shape index (κ2) is 44.5. The number of aromatic amines is 2. The minimum atomic E-state index is -1.99. The van der Waals surface area contributed by atoms with E-state index in [1.165, 1.54) is 0 Å². The van der Waals surface area contributed by atoms with E-state index in [-0.39, 0.29) is 76.6 Å². The number of benzene rings is 4. The van der Waals surface area contributed by atoms with Crippen LogP contribution in [0.4, 0.5) is 0 Å². The predicted molar refractivity (Wildman–Crippen MR) is 428 cm³/mol. The summed E-state index contributed by atoms with van der Waals surface area (Å²) in [6.45, 7) is 6.61. The van der Waals surface area contributed by atoms with Gasteiger partial charge < -0.3 is 107 Å². The molecule has 0 spiro atoms. The van der Waals surface area contributed by atoms with Gasteiger partial charge in [0.2, 0.25) is 76.8 Å². The number of nitrogens with two attached hydrogens (primary N) is 3. The van der Waals surface area contributed by atoms with Gasteiger partial charge in [0.05, 0.1) is 25.3 Å². The maximum Gasteiger partial charge on any atom is 0.305 e. The number of guanidine groups is 1. The molecule has 24 N–H and O–H groups in total. The van der Waals surface area contributed by atoms with E-state index in [0.29, 0.717) is 57.8 Å². The molecule has 616 valence electrons. The molecule has 0 bridgehead atoms. The number of hydrogen-bond donors (Lipinski definition) is 21. The molecule has 36 heteroatoms. The Kier molecular flexibility index (Phi) is 35.0. The molecule has 1 aliphatic heterocycles. The number of carbonyl (C=O) groups excluding carboxylic acids is 13. The van der Waals surface area contributed by atoms with Crippen LogP contribution in [0.25, 0.3) is 32.6 Å². The Morgan fingerprint density at radius 2 is 1.01 bits per heavy atom. The Balaban J connectivity index is 1.27. The van der Waals surface area contributed by atoms with Crippen molar-refractivity contribution >= 4 is 133 Å². The molecule has 1 saturated heterocycles. The molecule has 7 rings (SSSR count). The number of carbonyl (C=O) groups is 14. The number of nitrogens with one attached hydrogen (secondary N) is 16. The van der Waals surface area contributed by atoms with Gasteiger partial charge in [-0.25, -0.2) is 0 Å². The smallest absolute Gasteiger partial charge is 0.305 e. The van der Waals surface area contributed by atoms with E-state index < -0.39 is 192 Å². The standard InChI is InChI=1S/C78H107N19O16S/c1-6-8-22-54-70(106)89-55(25-15-16-29-79)71(107)91-58(34-48-37-85-52-24-14-12-21-50(48)52)75(111)96-65(42(3)4)76(112)95-61(67(80)103)40-114-41-63(100)88-56(32-44-27-28-45-18-9-10-19-46(45)31-44)74(110)97-66(43(5)7-2)77(113)94-60(39-98)68(104)86-38-62(99)87-53(26-17-30-83-78(81)82)69(105)93-59(35-64(101)102)73(109)92-57(72(108)90-54)33-47-36-84-51-23-13-11-20-49(47)51/h9-14,18-21,23-24,27-28,31,36-37,42-43,53-61,65-66,84-85,98H,6-8,15-17,22,25-26,29-30,32-35,38-41,79H2,1-5H3,(H2,80,103)(H,86,104)(H,87,99)(H,88,100)(H,89,106)(H,90,108)(H,91,107)(H,92,109)(H,93,105)(H,94,113)(H,95,112)(H,96,111)(H,97,110)(H,101,102)(H4,81,82,83)/t43-,53-,54-,55-,56-,57-,58-,59-,60-,61-,65-,66-/m0/s1. The lowest BCUT2D eigenvalue weighted by atomic mass is 9.96. The monoisotopic (exact) mass is 1600 g/mol. The van der Waals surface area contributed by atoms with Gasteiger partial charge in [-0.15, -0.1) is 11.8 Å². The molecule has 3 heterocycles. The zero-order valence-corrected chi connectivity index (χ0v) is 65.3. The number of aliphatic carboxylic acids is 1. The number of rotatable bonds is 24. The molecule has 6 aromatic rings. The van der Waals surface area contributed by atoms with E-state index in [9.17, 15) is 63.0 Å². The van der Waals surface area contributed by atoms with Crippen molar-refractivity contribution in [3.8, 4) is 0 Å². The van der Waals surface area contributed by atoms with E-state index >= 15 is 14.4 Å². The highest BCUT2D eigenvalue weighted by atomic mass is 32.2. The van der Waals surface area contributed by atoms with Crippen LogP contribution in [0.2, 0.25) is 0 Å². The van der Waals surface area contributed by atoms with Crippen LogP contribution in [-0.2, 0) is 86.4 Å². The van der Waals surface area contributed by atoms with Crippen LogP contribution < -0.4 is 86.3 Å². The molecule has 0 unspecified atom stereocenters. The van der Waals surface area contributed by atoms with Gasteiger partial charge in [0.25, 0.3) is 0 Å². The SMILES string of the molecule is CCCC[C@@H]1NC(=O)[C@H](Cc2c[nH]c3ccccc23)NC(=O)[C@H](CC(=O)O)NC(=O)[C@H](CCCNC(=N)N)NC(=O)CNC(=O)[C@H](CO)NC(=O)[C@H]([C@@H](C)CC)NC(=O)[C@H](Cc2ccc3ccccc3c2)NC(=O)CSC[C@@H](C(N)=O)NC(=O)[C@H](C(C)C)NC(=O)[C@H](Cc2c[nH]c3ccccc23)NC(=O)[C@H](CCCCN)NC1=O. The van der Waals surface area contributed by atoms with E-state index in [2.05, 4.69) is 79.1 Å². The highest BCUT2D eigenvalue weighted by molar-refractivity contribution is 8.00. The normalized spacial score (nSPS) is 22.9. The Bertz CT molecular complexity index is 4400. The molecule has 4 aromatic carbocycles. The molecule has 13 amide bonds. The number of aliphatic hydroxyl groups is 1. The zero-order chi connectivity index (χ0) is 83.1. The number of para-hydroxylation sites is 2. The molecule has 35 nitrogen and oxygen atoms in total. The summed E-state index contributed by atoms with van der Waals surface area (Å²) in [6, 6.07) is 9.88. The number of thioether (sulfide) groups is 1. The first-order chi connectivity index (χ1) is 54.5. The molecule has 2 aromatic heterocycles. The third-order valence-corrected chi connectivity index (χ3v) is 20.6. The zero-order valence-electron chi connectivity index (χ0n) is 64.5. The van der Waals surface area contributed by atoms with Crippen LogP contribution in [0.5, 0.6) is 0 Å². The first-order valence-electron chi connectivity index (χ1n) is 38.2. The number of fused-ring (bicyclic) bond motifs is 3. The van der Waals surface area contributed by atoms with Crippen molar-refractivity contribution in [3.05, 3.63) is 120 Å². The van der Waals surface area contributed by atoms with Gasteiger partial charge >= 0.3 is 5.97 Å². The van der Waals surface area contributed by atoms with E-state index in [4.69, 9.17) is 22.6 Å². The Hall–Kier alpha value is -11.7.